The average Bonchev–Trinajstić information content (AvgIpc) is 2.87. The monoisotopic (exact) mass is 263 g/mol. The molecule has 6 nitrogen and oxygen atoms in total. The summed E-state index contributed by atoms with van der Waals surface area (Å²) in [5, 5.41) is 13.7. The Labute approximate surface area is 109 Å². The van der Waals surface area contributed by atoms with E-state index in [1.165, 1.54) is 12.1 Å². The minimum Gasteiger partial charge on any atom is -0.489 e. The molecular formula is C12H14FN5O. The zero-order valence-corrected chi connectivity index (χ0v) is 10.9. The van der Waals surface area contributed by atoms with Crippen molar-refractivity contribution in [3.63, 3.8) is 0 Å². The zero-order chi connectivity index (χ0) is 13.6. The fourth-order valence-electron chi connectivity index (χ4n) is 2.13. The summed E-state index contributed by atoms with van der Waals surface area (Å²) in [4.78, 5) is 2.05. The van der Waals surface area contributed by atoms with Crippen LogP contribution in [0.3, 0.4) is 0 Å². The number of ether oxygens (including phenoxy) is 1. The third-order valence-corrected chi connectivity index (χ3v) is 3.45. The van der Waals surface area contributed by atoms with Crippen LogP contribution in [0.15, 0.2) is 12.1 Å². The van der Waals surface area contributed by atoms with E-state index in [0.717, 1.165) is 5.69 Å². The molecule has 0 fully saturated rings. The molecule has 0 radical (unpaired) electrons. The fourth-order valence-corrected chi connectivity index (χ4v) is 2.13. The number of hydrogen-bond donors (Lipinski definition) is 1. The molecule has 1 aromatic heterocycles. The van der Waals surface area contributed by atoms with Gasteiger partial charge in [0.05, 0.1) is 16.8 Å². The van der Waals surface area contributed by atoms with Crippen molar-refractivity contribution in [1.82, 2.24) is 20.6 Å². The van der Waals surface area contributed by atoms with Crippen LogP contribution < -0.4 is 9.64 Å². The van der Waals surface area contributed by atoms with Gasteiger partial charge in [0, 0.05) is 13.1 Å². The lowest BCUT2D eigenvalue weighted by atomic mass is 9.99. The molecule has 0 saturated carbocycles. The summed E-state index contributed by atoms with van der Waals surface area (Å²) < 4.78 is 19.3. The number of tetrazole rings is 1. The third kappa shape index (κ3) is 1.81. The molecule has 1 aliphatic rings. The standard InChI is InChI=1S/C12H14FN5O/c1-12(2)6-19-9-5-7(13)4-8(10(9)18(12)3)11-14-16-17-15-11/h4-5H,6H2,1-3H3,(H,14,15,16,17). The highest BCUT2D eigenvalue weighted by atomic mass is 19.1. The van der Waals surface area contributed by atoms with E-state index in [0.29, 0.717) is 23.7 Å². The Kier molecular flexibility index (Phi) is 2.44. The summed E-state index contributed by atoms with van der Waals surface area (Å²) >= 11 is 0. The van der Waals surface area contributed by atoms with Gasteiger partial charge in [-0.05, 0) is 25.1 Å². The summed E-state index contributed by atoms with van der Waals surface area (Å²) in [5.74, 6) is 0.470. The highest BCUT2D eigenvalue weighted by Gasteiger charge is 2.34. The topological polar surface area (TPSA) is 66.9 Å². The molecule has 0 atom stereocenters. The van der Waals surface area contributed by atoms with Crippen molar-refractivity contribution in [2.24, 2.45) is 0 Å². The number of likely N-dealkylation sites (N-methyl/N-ethyl adjacent to an activating group) is 1. The lowest BCUT2D eigenvalue weighted by molar-refractivity contribution is 0.217. The van der Waals surface area contributed by atoms with Crippen molar-refractivity contribution in [3.05, 3.63) is 17.9 Å². The number of anilines is 1. The zero-order valence-electron chi connectivity index (χ0n) is 10.9. The van der Waals surface area contributed by atoms with Gasteiger partial charge in [0.25, 0.3) is 0 Å². The van der Waals surface area contributed by atoms with Crippen LogP contribution in [0.5, 0.6) is 5.75 Å². The number of rotatable bonds is 1. The van der Waals surface area contributed by atoms with Crippen molar-refractivity contribution < 1.29 is 9.13 Å². The third-order valence-electron chi connectivity index (χ3n) is 3.45. The normalized spacial score (nSPS) is 16.9. The second-order valence-electron chi connectivity index (χ2n) is 5.20. The van der Waals surface area contributed by atoms with Gasteiger partial charge in [-0.3, -0.25) is 0 Å². The second-order valence-corrected chi connectivity index (χ2v) is 5.20. The number of aromatic nitrogens is 4. The predicted octanol–water partition coefficient (Wildman–Crippen LogP) is 1.61. The van der Waals surface area contributed by atoms with E-state index in [-0.39, 0.29) is 11.4 Å². The van der Waals surface area contributed by atoms with Crippen molar-refractivity contribution in [2.75, 3.05) is 18.6 Å². The number of fused-ring (bicyclic) bond motifs is 1. The van der Waals surface area contributed by atoms with E-state index >= 15 is 0 Å². The molecule has 2 heterocycles. The van der Waals surface area contributed by atoms with E-state index < -0.39 is 0 Å². The first-order chi connectivity index (χ1) is 8.99. The smallest absolute Gasteiger partial charge is 0.206 e. The van der Waals surface area contributed by atoms with Crippen molar-refractivity contribution in [1.29, 1.82) is 0 Å². The number of H-pyrrole nitrogens is 1. The molecule has 7 heteroatoms. The van der Waals surface area contributed by atoms with Gasteiger partial charge >= 0.3 is 0 Å². The highest BCUT2D eigenvalue weighted by molar-refractivity contribution is 5.81. The maximum atomic E-state index is 13.7. The van der Waals surface area contributed by atoms with Gasteiger partial charge in [-0.25, -0.2) is 4.39 Å². The second kappa shape index (κ2) is 3.91. The number of benzene rings is 1. The van der Waals surface area contributed by atoms with Gasteiger partial charge < -0.3 is 9.64 Å². The van der Waals surface area contributed by atoms with E-state index in [9.17, 15) is 4.39 Å². The van der Waals surface area contributed by atoms with Crippen LogP contribution in [-0.2, 0) is 0 Å². The van der Waals surface area contributed by atoms with Crippen LogP contribution in [-0.4, -0.2) is 39.8 Å². The molecule has 100 valence electrons. The molecule has 1 aromatic carbocycles. The van der Waals surface area contributed by atoms with Gasteiger partial charge in [0.15, 0.2) is 0 Å². The maximum absolute atomic E-state index is 13.7. The van der Waals surface area contributed by atoms with Crippen LogP contribution in [0.2, 0.25) is 0 Å². The first-order valence-corrected chi connectivity index (χ1v) is 5.93. The van der Waals surface area contributed by atoms with Crippen molar-refractivity contribution in [3.8, 4) is 17.1 Å². The number of halogens is 1. The summed E-state index contributed by atoms with van der Waals surface area (Å²) in [7, 11) is 1.95. The Morgan fingerprint density at radius 2 is 2.21 bits per heavy atom. The van der Waals surface area contributed by atoms with E-state index in [4.69, 9.17) is 4.74 Å². The van der Waals surface area contributed by atoms with Gasteiger partial charge in [0.1, 0.15) is 18.2 Å². The van der Waals surface area contributed by atoms with Crippen LogP contribution in [0.4, 0.5) is 10.1 Å². The first kappa shape index (κ1) is 11.9. The highest BCUT2D eigenvalue weighted by Crippen LogP contribution is 2.43. The van der Waals surface area contributed by atoms with Crippen LogP contribution in [0.25, 0.3) is 11.4 Å². The Morgan fingerprint density at radius 1 is 1.42 bits per heavy atom. The molecule has 2 aromatic rings. The molecule has 3 rings (SSSR count). The molecule has 0 saturated heterocycles. The quantitative estimate of drug-likeness (QED) is 0.846. The van der Waals surface area contributed by atoms with Gasteiger partial charge in [0.2, 0.25) is 5.82 Å². The van der Waals surface area contributed by atoms with E-state index in [2.05, 4.69) is 39.4 Å². The number of nitrogens with zero attached hydrogens (tertiary/aromatic N) is 4. The predicted molar refractivity (Wildman–Crippen MR) is 67.5 cm³/mol. The van der Waals surface area contributed by atoms with E-state index in [1.54, 1.807) is 0 Å². The summed E-state index contributed by atoms with van der Waals surface area (Å²) in [5.41, 5.74) is 1.15. The molecule has 0 amide bonds. The number of aromatic amines is 1. The van der Waals surface area contributed by atoms with Gasteiger partial charge in [-0.1, -0.05) is 0 Å². The molecule has 0 aliphatic carbocycles. The molecule has 0 bridgehead atoms. The SMILES string of the molecule is CN1c2c(cc(F)cc2-c2nn[nH]n2)OCC1(C)C. The minimum absolute atomic E-state index is 0.191. The number of nitrogens with one attached hydrogen (secondary N) is 1. The summed E-state index contributed by atoms with van der Waals surface area (Å²) in [6, 6.07) is 2.77. The van der Waals surface area contributed by atoms with Crippen LogP contribution in [0.1, 0.15) is 13.8 Å². The minimum atomic E-state index is -0.383. The largest absolute Gasteiger partial charge is 0.489 e. The number of hydrogen-bond acceptors (Lipinski definition) is 5. The lowest BCUT2D eigenvalue weighted by Crippen LogP contribution is -2.49. The van der Waals surface area contributed by atoms with Crippen molar-refractivity contribution in [2.45, 2.75) is 19.4 Å². The molecule has 1 aliphatic heterocycles. The maximum Gasteiger partial charge on any atom is 0.206 e. The molecular weight excluding hydrogens is 249 g/mol. The van der Waals surface area contributed by atoms with Gasteiger partial charge in [-0.2, -0.15) is 5.21 Å². The van der Waals surface area contributed by atoms with Crippen LogP contribution >= 0.6 is 0 Å². The Bertz CT molecular complexity index is 611. The van der Waals surface area contributed by atoms with Crippen molar-refractivity contribution >= 4 is 5.69 Å². The molecule has 1 N–H and O–H groups in total. The first-order valence-electron chi connectivity index (χ1n) is 5.93. The Hall–Kier alpha value is -2.18. The summed E-state index contributed by atoms with van der Waals surface area (Å²) in [6.45, 7) is 4.60. The molecule has 0 unspecified atom stereocenters. The Morgan fingerprint density at radius 3 is 2.89 bits per heavy atom. The molecule has 0 spiro atoms. The average molecular weight is 263 g/mol. The fraction of sp³-hybridized carbons (Fsp3) is 0.417. The Balaban J connectivity index is 2.24. The lowest BCUT2D eigenvalue weighted by Gasteiger charge is -2.42. The van der Waals surface area contributed by atoms with Crippen LogP contribution in [0, 0.1) is 5.82 Å². The molecule has 19 heavy (non-hydrogen) atoms. The van der Waals surface area contributed by atoms with E-state index in [1.807, 2.05) is 7.05 Å². The van der Waals surface area contributed by atoms with Gasteiger partial charge in [-0.15, -0.1) is 10.2 Å². The summed E-state index contributed by atoms with van der Waals surface area (Å²) in [6.07, 6.45) is 0.